The van der Waals surface area contributed by atoms with Crippen molar-refractivity contribution in [2.45, 2.75) is 6.42 Å². The van der Waals surface area contributed by atoms with E-state index in [1.807, 2.05) is 36.4 Å². The summed E-state index contributed by atoms with van der Waals surface area (Å²) in [7, 11) is 0. The molecule has 0 spiro atoms. The summed E-state index contributed by atoms with van der Waals surface area (Å²) in [5.41, 5.74) is 4.49. The Labute approximate surface area is 99.2 Å². The second-order valence-electron chi connectivity index (χ2n) is 4.13. The van der Waals surface area contributed by atoms with Crippen LogP contribution >= 0.6 is 0 Å². The van der Waals surface area contributed by atoms with Gasteiger partial charge < -0.3 is 10.8 Å². The van der Waals surface area contributed by atoms with Gasteiger partial charge in [-0.2, -0.15) is 0 Å². The van der Waals surface area contributed by atoms with Crippen LogP contribution in [0.2, 0.25) is 0 Å². The molecule has 0 saturated carbocycles. The number of nitrogens with zero attached hydrogens (tertiary/aromatic N) is 1. The van der Waals surface area contributed by atoms with Crippen LogP contribution in [-0.4, -0.2) is 17.1 Å². The van der Waals surface area contributed by atoms with Crippen molar-refractivity contribution in [1.29, 1.82) is 10.8 Å². The minimum Gasteiger partial charge on any atom is -0.305 e. The van der Waals surface area contributed by atoms with Gasteiger partial charge in [-0.3, -0.25) is 0 Å². The Morgan fingerprint density at radius 3 is 2.53 bits per heavy atom. The first-order valence-electron chi connectivity index (χ1n) is 5.47. The van der Waals surface area contributed by atoms with Gasteiger partial charge in [0.1, 0.15) is 0 Å². The fraction of sp³-hybridized carbons (Fsp3) is 0.0714. The summed E-state index contributed by atoms with van der Waals surface area (Å²) in [5, 5.41) is 15.5. The van der Waals surface area contributed by atoms with Crippen LogP contribution in [0.5, 0.6) is 0 Å². The van der Waals surface area contributed by atoms with Crippen molar-refractivity contribution < 1.29 is 0 Å². The molecule has 1 aromatic carbocycles. The molecule has 1 aliphatic heterocycles. The first kappa shape index (κ1) is 9.90. The van der Waals surface area contributed by atoms with E-state index in [1.54, 1.807) is 6.08 Å². The lowest BCUT2D eigenvalue weighted by atomic mass is 9.95. The average molecular weight is 221 g/mol. The molecule has 1 aromatic rings. The smallest absolute Gasteiger partial charge is 0.0746 e. The van der Waals surface area contributed by atoms with E-state index >= 15 is 0 Å². The van der Waals surface area contributed by atoms with Crippen LogP contribution < -0.4 is 0 Å². The van der Waals surface area contributed by atoms with Crippen molar-refractivity contribution in [1.82, 2.24) is 0 Å². The molecule has 0 aromatic heterocycles. The zero-order valence-corrected chi connectivity index (χ0v) is 9.20. The normalized spacial score (nSPS) is 18.5. The summed E-state index contributed by atoms with van der Waals surface area (Å²) < 4.78 is 0. The Bertz CT molecular complexity index is 604. The Kier molecular flexibility index (Phi) is 2.11. The van der Waals surface area contributed by atoms with E-state index in [-0.39, 0.29) is 0 Å². The van der Waals surface area contributed by atoms with Crippen molar-refractivity contribution in [3.63, 3.8) is 0 Å². The minimum absolute atomic E-state index is 0.410. The maximum Gasteiger partial charge on any atom is 0.0746 e. The fourth-order valence-corrected chi connectivity index (χ4v) is 2.04. The molecule has 0 fully saturated rings. The van der Waals surface area contributed by atoms with Gasteiger partial charge in [0.15, 0.2) is 0 Å². The fourth-order valence-electron chi connectivity index (χ4n) is 2.04. The van der Waals surface area contributed by atoms with Crippen LogP contribution in [0.15, 0.2) is 58.7 Å². The summed E-state index contributed by atoms with van der Waals surface area (Å²) >= 11 is 0. The van der Waals surface area contributed by atoms with Crippen LogP contribution in [0.25, 0.3) is 0 Å². The third-order valence-corrected chi connectivity index (χ3v) is 2.87. The van der Waals surface area contributed by atoms with Gasteiger partial charge in [0.2, 0.25) is 0 Å². The lowest BCUT2D eigenvalue weighted by Crippen LogP contribution is -2.13. The Morgan fingerprint density at radius 2 is 1.76 bits per heavy atom. The van der Waals surface area contributed by atoms with Crippen molar-refractivity contribution in [2.24, 2.45) is 4.99 Å². The lowest BCUT2D eigenvalue weighted by molar-refractivity contribution is 1.28. The van der Waals surface area contributed by atoms with Crippen LogP contribution in [0.3, 0.4) is 0 Å². The van der Waals surface area contributed by atoms with Gasteiger partial charge in [-0.25, -0.2) is 4.99 Å². The number of hydrogen-bond acceptors (Lipinski definition) is 3. The van der Waals surface area contributed by atoms with Gasteiger partial charge in [-0.15, -0.1) is 0 Å². The van der Waals surface area contributed by atoms with Crippen LogP contribution in [0, 0.1) is 10.8 Å². The number of allylic oxidation sites excluding steroid dienone is 3. The van der Waals surface area contributed by atoms with Gasteiger partial charge in [0.05, 0.1) is 11.4 Å². The minimum atomic E-state index is 0.410. The predicted molar refractivity (Wildman–Crippen MR) is 69.2 cm³/mol. The molecule has 0 amide bonds. The van der Waals surface area contributed by atoms with Crippen LogP contribution in [-0.2, 0) is 0 Å². The van der Waals surface area contributed by atoms with E-state index in [1.165, 1.54) is 0 Å². The molecule has 2 N–H and O–H groups in total. The Balaban J connectivity index is 2.08. The van der Waals surface area contributed by atoms with Gasteiger partial charge in [0.25, 0.3) is 0 Å². The van der Waals surface area contributed by atoms with E-state index in [4.69, 9.17) is 10.8 Å². The second-order valence-corrected chi connectivity index (χ2v) is 4.13. The van der Waals surface area contributed by atoms with Crippen LogP contribution in [0.4, 0.5) is 0 Å². The van der Waals surface area contributed by atoms with E-state index in [9.17, 15) is 0 Å². The summed E-state index contributed by atoms with van der Waals surface area (Å²) in [4.78, 5) is 4.48. The van der Waals surface area contributed by atoms with Gasteiger partial charge in [-0.1, -0.05) is 30.3 Å². The standard InChI is InChI=1S/C14H11N3/c15-10-6-12(16)11-8-13(17-14(11)7-10)9-4-2-1-3-5-9/h1-5,7-8,15-16H,6H2. The monoisotopic (exact) mass is 221 g/mol. The predicted octanol–water partition coefficient (Wildman–Crippen LogP) is 2.74. The molecule has 3 rings (SSSR count). The largest absolute Gasteiger partial charge is 0.305 e. The van der Waals surface area contributed by atoms with Gasteiger partial charge in [-0.05, 0) is 12.2 Å². The van der Waals surface area contributed by atoms with Crippen molar-refractivity contribution in [3.05, 3.63) is 59.3 Å². The van der Waals surface area contributed by atoms with Crippen molar-refractivity contribution in [2.75, 3.05) is 0 Å². The first-order chi connectivity index (χ1) is 8.24. The summed E-state index contributed by atoms with van der Waals surface area (Å²) in [6, 6.07) is 9.92. The number of rotatable bonds is 1. The topological polar surface area (TPSA) is 60.1 Å². The SMILES string of the molecule is N=C1C=C2N=C(c3ccccc3)C=C2C(=N)C1. The average Bonchev–Trinajstić information content (AvgIpc) is 2.74. The molecule has 82 valence electrons. The molecule has 1 heterocycles. The number of fused-ring (bicyclic) bond motifs is 1. The summed E-state index contributed by atoms with van der Waals surface area (Å²) in [6.07, 6.45) is 4.10. The Hall–Kier alpha value is -2.29. The quantitative estimate of drug-likeness (QED) is 0.732. The number of benzene rings is 1. The van der Waals surface area contributed by atoms with Gasteiger partial charge in [0, 0.05) is 29.0 Å². The molecule has 1 aliphatic carbocycles. The van der Waals surface area contributed by atoms with Crippen molar-refractivity contribution >= 4 is 17.1 Å². The molecule has 2 aliphatic rings. The molecular formula is C14H11N3. The molecule has 17 heavy (non-hydrogen) atoms. The van der Waals surface area contributed by atoms with Gasteiger partial charge >= 0.3 is 0 Å². The van der Waals surface area contributed by atoms with E-state index in [0.717, 1.165) is 22.5 Å². The highest BCUT2D eigenvalue weighted by Crippen LogP contribution is 2.27. The molecule has 3 nitrogen and oxygen atoms in total. The second kappa shape index (κ2) is 3.63. The zero-order chi connectivity index (χ0) is 11.8. The van der Waals surface area contributed by atoms with Crippen LogP contribution in [0.1, 0.15) is 12.0 Å². The highest BCUT2D eigenvalue weighted by Gasteiger charge is 2.23. The van der Waals surface area contributed by atoms with E-state index in [2.05, 4.69) is 4.99 Å². The molecular weight excluding hydrogens is 210 g/mol. The molecule has 0 atom stereocenters. The summed E-state index contributed by atoms with van der Waals surface area (Å²) in [5.74, 6) is 0. The number of nitrogens with one attached hydrogen (secondary N) is 2. The molecule has 0 saturated heterocycles. The Morgan fingerprint density at radius 1 is 1.00 bits per heavy atom. The maximum atomic E-state index is 7.88. The third-order valence-electron chi connectivity index (χ3n) is 2.87. The molecule has 0 radical (unpaired) electrons. The molecule has 0 unspecified atom stereocenters. The highest BCUT2D eigenvalue weighted by atomic mass is 14.8. The summed E-state index contributed by atoms with van der Waals surface area (Å²) in [6.45, 7) is 0. The van der Waals surface area contributed by atoms with Crippen molar-refractivity contribution in [3.8, 4) is 0 Å². The van der Waals surface area contributed by atoms with E-state index in [0.29, 0.717) is 17.8 Å². The molecule has 3 heteroatoms. The zero-order valence-electron chi connectivity index (χ0n) is 9.20. The first-order valence-corrected chi connectivity index (χ1v) is 5.47. The maximum absolute atomic E-state index is 7.88. The third kappa shape index (κ3) is 1.65. The number of aliphatic imine (C=N–C) groups is 1. The molecule has 0 bridgehead atoms. The lowest BCUT2D eigenvalue weighted by Gasteiger charge is -2.11. The highest BCUT2D eigenvalue weighted by molar-refractivity contribution is 6.25. The van der Waals surface area contributed by atoms with E-state index < -0.39 is 0 Å². The number of hydrogen-bond donors (Lipinski definition) is 2.